The van der Waals surface area contributed by atoms with Crippen LogP contribution in [0.4, 0.5) is 0 Å². The number of carbonyl (C=O) groups is 4. The molecule has 2 heterocycles. The number of nitrogens with zero attached hydrogens (tertiary/aromatic N) is 1. The number of aliphatic carboxylic acids is 1. The summed E-state index contributed by atoms with van der Waals surface area (Å²) in [5, 5.41) is 28.3. The van der Waals surface area contributed by atoms with E-state index in [0.717, 1.165) is 22.0 Å². The predicted octanol–water partition coefficient (Wildman–Crippen LogP) is 1.54. The summed E-state index contributed by atoms with van der Waals surface area (Å²) in [5.41, 5.74) is 9.10. The Kier molecular flexibility index (Phi) is 10.9. The third-order valence-electron chi connectivity index (χ3n) is 7.85. The number of aromatic nitrogens is 3. The van der Waals surface area contributed by atoms with Gasteiger partial charge in [-0.1, -0.05) is 50.6 Å². The van der Waals surface area contributed by atoms with Gasteiger partial charge in [-0.2, -0.15) is 0 Å². The number of fused-ring (bicyclic) bond motifs is 1. The molecule has 4 rings (SSSR count). The van der Waals surface area contributed by atoms with Gasteiger partial charge in [0, 0.05) is 41.8 Å². The van der Waals surface area contributed by atoms with Crippen molar-refractivity contribution in [1.29, 1.82) is 0 Å². The number of carboxylic acid groups (broad SMARTS) is 1. The van der Waals surface area contributed by atoms with Crippen molar-refractivity contribution in [3.63, 3.8) is 0 Å². The van der Waals surface area contributed by atoms with E-state index < -0.39 is 47.9 Å². The molecule has 4 aromatic rings. The SMILES string of the molecule is CCC(C)C(NC(=O)C(Cc1c[nH]c2ccccc12)NC(=O)C(N)Cc1ccc(O)cc1)C(=O)NC(Cc1cnc[nH]1)C(=O)O. The summed E-state index contributed by atoms with van der Waals surface area (Å²) in [6.07, 6.45) is 5.39. The predicted molar refractivity (Wildman–Crippen MR) is 167 cm³/mol. The molecule has 0 saturated heterocycles. The minimum Gasteiger partial charge on any atom is -0.508 e. The maximum atomic E-state index is 13.9. The quantitative estimate of drug-likeness (QED) is 0.0977. The van der Waals surface area contributed by atoms with Gasteiger partial charge in [0.25, 0.3) is 0 Å². The van der Waals surface area contributed by atoms with Gasteiger partial charge in [0.2, 0.25) is 17.7 Å². The Morgan fingerprint density at radius 1 is 0.889 bits per heavy atom. The van der Waals surface area contributed by atoms with E-state index in [-0.39, 0.29) is 30.9 Å². The molecule has 0 aliphatic heterocycles. The van der Waals surface area contributed by atoms with Gasteiger partial charge in [0.15, 0.2) is 0 Å². The van der Waals surface area contributed by atoms with Crippen molar-refractivity contribution in [2.45, 2.75) is 63.7 Å². The second kappa shape index (κ2) is 15.0. The molecule has 2 aromatic heterocycles. The highest BCUT2D eigenvalue weighted by atomic mass is 16.4. The number of aromatic hydroxyl groups is 1. The average Bonchev–Trinajstić information content (AvgIpc) is 3.69. The molecule has 0 spiro atoms. The Morgan fingerprint density at radius 3 is 2.27 bits per heavy atom. The molecule has 0 saturated carbocycles. The van der Waals surface area contributed by atoms with Crippen LogP contribution in [-0.4, -0.2) is 73.0 Å². The van der Waals surface area contributed by atoms with Crippen LogP contribution >= 0.6 is 0 Å². The van der Waals surface area contributed by atoms with Gasteiger partial charge in [0.05, 0.1) is 12.4 Å². The van der Waals surface area contributed by atoms with E-state index in [0.29, 0.717) is 12.1 Å². The number of phenolic OH excluding ortho intramolecular Hbond substituents is 1. The maximum absolute atomic E-state index is 13.9. The molecule has 3 amide bonds. The fourth-order valence-electron chi connectivity index (χ4n) is 5.02. The van der Waals surface area contributed by atoms with Crippen molar-refractivity contribution in [2.75, 3.05) is 0 Å². The van der Waals surface area contributed by atoms with Crippen LogP contribution in [0.2, 0.25) is 0 Å². The lowest BCUT2D eigenvalue weighted by molar-refractivity contribution is -0.142. The van der Waals surface area contributed by atoms with Crippen LogP contribution in [0.15, 0.2) is 67.3 Å². The lowest BCUT2D eigenvalue weighted by atomic mass is 9.96. The number of nitrogens with two attached hydrogens (primary N) is 1. The summed E-state index contributed by atoms with van der Waals surface area (Å²) < 4.78 is 0. The number of hydrogen-bond acceptors (Lipinski definition) is 7. The molecule has 2 aromatic carbocycles. The Bertz CT molecular complexity index is 1600. The lowest BCUT2D eigenvalue weighted by Crippen LogP contribution is -2.59. The molecule has 5 unspecified atom stereocenters. The van der Waals surface area contributed by atoms with E-state index >= 15 is 0 Å². The van der Waals surface area contributed by atoms with Crippen molar-refractivity contribution in [1.82, 2.24) is 30.9 Å². The number of imidazole rings is 1. The smallest absolute Gasteiger partial charge is 0.326 e. The van der Waals surface area contributed by atoms with Gasteiger partial charge < -0.3 is 41.9 Å². The maximum Gasteiger partial charge on any atom is 0.326 e. The van der Waals surface area contributed by atoms with Crippen LogP contribution in [0.25, 0.3) is 10.9 Å². The molecule has 5 atom stereocenters. The van der Waals surface area contributed by atoms with E-state index in [1.807, 2.05) is 31.2 Å². The molecular formula is C32H39N7O6. The topological polar surface area (TPSA) is 215 Å². The second-order valence-corrected chi connectivity index (χ2v) is 11.2. The van der Waals surface area contributed by atoms with Crippen LogP contribution in [0, 0.1) is 5.92 Å². The average molecular weight is 618 g/mol. The first-order valence-corrected chi connectivity index (χ1v) is 14.7. The Morgan fingerprint density at radius 2 is 1.60 bits per heavy atom. The Hall–Kier alpha value is -5.17. The van der Waals surface area contributed by atoms with Crippen molar-refractivity contribution in [3.05, 3.63) is 84.1 Å². The molecule has 238 valence electrons. The highest BCUT2D eigenvalue weighted by Crippen LogP contribution is 2.20. The van der Waals surface area contributed by atoms with Crippen LogP contribution in [0.3, 0.4) is 0 Å². The highest BCUT2D eigenvalue weighted by molar-refractivity contribution is 5.95. The number of H-pyrrole nitrogens is 2. The lowest BCUT2D eigenvalue weighted by Gasteiger charge is -2.28. The van der Waals surface area contributed by atoms with Crippen molar-refractivity contribution >= 4 is 34.6 Å². The third kappa shape index (κ3) is 8.70. The van der Waals surface area contributed by atoms with Crippen LogP contribution < -0.4 is 21.7 Å². The van der Waals surface area contributed by atoms with E-state index in [2.05, 4.69) is 30.9 Å². The summed E-state index contributed by atoms with van der Waals surface area (Å²) in [4.78, 5) is 62.4. The first-order valence-electron chi connectivity index (χ1n) is 14.7. The van der Waals surface area contributed by atoms with Crippen molar-refractivity contribution in [3.8, 4) is 5.75 Å². The first-order chi connectivity index (χ1) is 21.5. The second-order valence-electron chi connectivity index (χ2n) is 11.2. The van der Waals surface area contributed by atoms with Gasteiger partial charge in [0.1, 0.15) is 23.9 Å². The van der Waals surface area contributed by atoms with Crippen LogP contribution in [-0.2, 0) is 38.4 Å². The number of rotatable bonds is 15. The molecule has 0 radical (unpaired) electrons. The van der Waals surface area contributed by atoms with Gasteiger partial charge in [-0.05, 0) is 41.7 Å². The summed E-state index contributed by atoms with van der Waals surface area (Å²) >= 11 is 0. The highest BCUT2D eigenvalue weighted by Gasteiger charge is 2.33. The standard InChI is InChI=1S/C32H39N7O6/c1-3-18(2)28(31(43)38-27(32(44)45)14-21-16-34-17-36-21)39-30(42)26(13-20-15-35-25-7-5-4-6-23(20)25)37-29(41)24(33)12-19-8-10-22(40)11-9-19/h4-11,15-18,24,26-28,35,40H,3,12-14,33H2,1-2H3,(H,34,36)(H,37,41)(H,38,43)(H,39,42)(H,44,45). The number of phenols is 1. The Labute approximate surface area is 260 Å². The summed E-state index contributed by atoms with van der Waals surface area (Å²) in [5.74, 6) is -3.37. The number of para-hydroxylation sites is 1. The number of hydrogen-bond donors (Lipinski definition) is 8. The fourth-order valence-corrected chi connectivity index (χ4v) is 5.02. The van der Waals surface area contributed by atoms with Gasteiger partial charge >= 0.3 is 5.97 Å². The first kappa shape index (κ1) is 32.7. The minimum absolute atomic E-state index is 0.0274. The third-order valence-corrected chi connectivity index (χ3v) is 7.85. The molecule has 0 aliphatic rings. The zero-order valence-electron chi connectivity index (χ0n) is 25.1. The van der Waals surface area contributed by atoms with E-state index in [9.17, 15) is 29.4 Å². The van der Waals surface area contributed by atoms with Gasteiger partial charge in [-0.15, -0.1) is 0 Å². The molecular weight excluding hydrogens is 578 g/mol. The molecule has 9 N–H and O–H groups in total. The van der Waals surface area contributed by atoms with Gasteiger partial charge in [-0.3, -0.25) is 14.4 Å². The Balaban J connectivity index is 1.54. The van der Waals surface area contributed by atoms with Crippen LogP contribution in [0.1, 0.15) is 37.1 Å². The normalized spacial score (nSPS) is 14.6. The van der Waals surface area contributed by atoms with Crippen molar-refractivity contribution in [2.24, 2.45) is 11.7 Å². The summed E-state index contributed by atoms with van der Waals surface area (Å²) in [6, 6.07) is 9.39. The van der Waals surface area contributed by atoms with E-state index in [1.54, 1.807) is 25.3 Å². The molecule has 0 fully saturated rings. The number of amides is 3. The fraction of sp³-hybridized carbons (Fsp3) is 0.344. The zero-order chi connectivity index (χ0) is 32.5. The number of aromatic amines is 2. The van der Waals surface area contributed by atoms with Crippen molar-refractivity contribution < 1.29 is 29.4 Å². The number of nitrogens with one attached hydrogen (secondary N) is 5. The number of carboxylic acids is 1. The largest absolute Gasteiger partial charge is 0.508 e. The number of carbonyl (C=O) groups excluding carboxylic acids is 3. The summed E-state index contributed by atoms with van der Waals surface area (Å²) in [6.45, 7) is 3.62. The van der Waals surface area contributed by atoms with Gasteiger partial charge in [-0.25, -0.2) is 9.78 Å². The molecule has 0 aliphatic carbocycles. The monoisotopic (exact) mass is 617 g/mol. The van der Waals surface area contributed by atoms with E-state index in [4.69, 9.17) is 5.73 Å². The molecule has 45 heavy (non-hydrogen) atoms. The molecule has 13 heteroatoms. The van der Waals surface area contributed by atoms with E-state index in [1.165, 1.54) is 24.7 Å². The molecule has 0 bridgehead atoms. The summed E-state index contributed by atoms with van der Waals surface area (Å²) in [7, 11) is 0. The number of benzene rings is 2. The minimum atomic E-state index is -1.26. The zero-order valence-corrected chi connectivity index (χ0v) is 25.1. The molecule has 13 nitrogen and oxygen atoms in total. The van der Waals surface area contributed by atoms with Crippen LogP contribution in [0.5, 0.6) is 5.75 Å².